The molecule has 0 aliphatic rings. The van der Waals surface area contributed by atoms with Crippen LogP contribution in [0.4, 0.5) is 0 Å². The lowest BCUT2D eigenvalue weighted by molar-refractivity contribution is 0.0825. The van der Waals surface area contributed by atoms with Crippen molar-refractivity contribution >= 4 is 22.7 Å². The average molecular weight is 393 g/mol. The summed E-state index contributed by atoms with van der Waals surface area (Å²) in [6, 6.07) is 9.32. The number of phenols is 1. The molecule has 0 unspecified atom stereocenters. The smallest absolute Gasteiger partial charge is 0.253 e. The van der Waals surface area contributed by atoms with E-state index in [1.165, 1.54) is 4.90 Å². The van der Waals surface area contributed by atoms with Gasteiger partial charge in [0.25, 0.3) is 5.91 Å². The highest BCUT2D eigenvalue weighted by molar-refractivity contribution is 6.02. The third kappa shape index (κ3) is 3.75. The van der Waals surface area contributed by atoms with Crippen molar-refractivity contribution in [3.8, 4) is 5.75 Å². The second-order valence-corrected chi connectivity index (χ2v) is 7.47. The van der Waals surface area contributed by atoms with Crippen LogP contribution in [0.5, 0.6) is 5.75 Å². The Morgan fingerprint density at radius 2 is 1.86 bits per heavy atom. The number of carbonyl (C=O) groups excluding carboxylic acids is 2. The van der Waals surface area contributed by atoms with Gasteiger partial charge in [0.05, 0.1) is 5.52 Å². The summed E-state index contributed by atoms with van der Waals surface area (Å²) in [4.78, 5) is 31.6. The zero-order chi connectivity index (χ0) is 21.3. The van der Waals surface area contributed by atoms with Crippen LogP contribution >= 0.6 is 0 Å². The highest BCUT2D eigenvalue weighted by atomic mass is 16.3. The van der Waals surface area contributed by atoms with Crippen LogP contribution in [-0.2, 0) is 19.9 Å². The molecular weight excluding hydrogens is 366 g/mol. The van der Waals surface area contributed by atoms with Gasteiger partial charge in [-0.3, -0.25) is 9.59 Å². The zero-order valence-corrected chi connectivity index (χ0v) is 17.6. The van der Waals surface area contributed by atoms with Crippen LogP contribution in [0, 0.1) is 6.92 Å². The van der Waals surface area contributed by atoms with E-state index in [1.54, 1.807) is 20.2 Å². The van der Waals surface area contributed by atoms with Crippen LogP contribution < -0.4 is 0 Å². The van der Waals surface area contributed by atoms with E-state index in [-0.39, 0.29) is 30.3 Å². The van der Waals surface area contributed by atoms with Crippen LogP contribution in [0.3, 0.4) is 0 Å². The standard InChI is InChI=1S/C23H27N3O3/c1-6-15-9-7-8-10-16(15)20(27)12-11-17-18(23(29)25(3)4)13-19-21(22(17)28)24-14(2)26(19)5/h7-10,13,28H,6,11-12H2,1-5H3. The lowest BCUT2D eigenvalue weighted by Gasteiger charge is -2.16. The predicted molar refractivity (Wildman–Crippen MR) is 114 cm³/mol. The predicted octanol–water partition coefficient (Wildman–Crippen LogP) is 3.67. The SMILES string of the molecule is CCc1ccccc1C(=O)CCc1c(C(=O)N(C)C)cc2c(nc(C)n2C)c1O. The number of nitrogens with zero attached hydrogens (tertiary/aromatic N) is 3. The number of benzene rings is 2. The topological polar surface area (TPSA) is 75.4 Å². The fourth-order valence-corrected chi connectivity index (χ4v) is 3.62. The van der Waals surface area contributed by atoms with Gasteiger partial charge in [0.15, 0.2) is 5.78 Å². The Hall–Kier alpha value is -3.15. The molecule has 0 saturated heterocycles. The Balaban J connectivity index is 2.03. The third-order valence-corrected chi connectivity index (χ3v) is 5.42. The average Bonchev–Trinajstić information content (AvgIpc) is 3.00. The van der Waals surface area contributed by atoms with Crippen molar-refractivity contribution in [1.29, 1.82) is 0 Å². The molecule has 0 spiro atoms. The first-order valence-electron chi connectivity index (χ1n) is 9.76. The summed E-state index contributed by atoms with van der Waals surface area (Å²) in [5.74, 6) is 0.511. The minimum absolute atomic E-state index is 0.00222. The summed E-state index contributed by atoms with van der Waals surface area (Å²) in [7, 11) is 5.19. The maximum atomic E-state index is 12.8. The molecule has 152 valence electrons. The van der Waals surface area contributed by atoms with Crippen molar-refractivity contribution in [2.24, 2.45) is 7.05 Å². The van der Waals surface area contributed by atoms with Crippen LogP contribution in [0.1, 0.15) is 51.0 Å². The quantitative estimate of drug-likeness (QED) is 0.649. The molecule has 2 aromatic carbocycles. The molecular formula is C23H27N3O3. The number of hydrogen-bond donors (Lipinski definition) is 1. The van der Waals surface area contributed by atoms with E-state index >= 15 is 0 Å². The number of aromatic nitrogens is 2. The minimum Gasteiger partial charge on any atom is -0.505 e. The van der Waals surface area contributed by atoms with Crippen molar-refractivity contribution in [2.75, 3.05) is 14.1 Å². The molecule has 0 radical (unpaired) electrons. The van der Waals surface area contributed by atoms with E-state index in [4.69, 9.17) is 0 Å². The molecule has 0 aliphatic heterocycles. The lowest BCUT2D eigenvalue weighted by Crippen LogP contribution is -2.23. The number of fused-ring (bicyclic) bond motifs is 1. The maximum Gasteiger partial charge on any atom is 0.253 e. The van der Waals surface area contributed by atoms with E-state index in [0.717, 1.165) is 17.8 Å². The number of imidazole rings is 1. The maximum absolute atomic E-state index is 12.8. The summed E-state index contributed by atoms with van der Waals surface area (Å²) < 4.78 is 1.84. The molecule has 6 nitrogen and oxygen atoms in total. The van der Waals surface area contributed by atoms with E-state index in [1.807, 2.05) is 49.7 Å². The third-order valence-electron chi connectivity index (χ3n) is 5.42. The van der Waals surface area contributed by atoms with Gasteiger partial charge in [0, 0.05) is 44.3 Å². The van der Waals surface area contributed by atoms with Gasteiger partial charge in [-0.2, -0.15) is 0 Å². The fourth-order valence-electron chi connectivity index (χ4n) is 3.62. The Morgan fingerprint density at radius 1 is 1.17 bits per heavy atom. The summed E-state index contributed by atoms with van der Waals surface area (Å²) >= 11 is 0. The van der Waals surface area contributed by atoms with Gasteiger partial charge in [-0.05, 0) is 31.4 Å². The fraction of sp³-hybridized carbons (Fsp3) is 0.348. The number of Topliss-reactive ketones (excluding diaryl/α,β-unsaturated/α-hetero) is 1. The molecule has 0 saturated carbocycles. The molecule has 0 bridgehead atoms. The summed E-state index contributed by atoms with van der Waals surface area (Å²) in [6.45, 7) is 3.86. The van der Waals surface area contributed by atoms with Crippen LogP contribution in [0.25, 0.3) is 11.0 Å². The molecule has 0 atom stereocenters. The van der Waals surface area contributed by atoms with Crippen LogP contribution in [-0.4, -0.2) is 45.3 Å². The number of carbonyl (C=O) groups is 2. The lowest BCUT2D eigenvalue weighted by atomic mass is 9.94. The normalized spacial score (nSPS) is 11.1. The number of aryl methyl sites for hydroxylation is 3. The number of ketones is 1. The number of hydrogen-bond acceptors (Lipinski definition) is 4. The second kappa shape index (κ2) is 8.07. The summed E-state index contributed by atoms with van der Waals surface area (Å²) in [5, 5.41) is 10.9. The Morgan fingerprint density at radius 3 is 2.52 bits per heavy atom. The van der Waals surface area contributed by atoms with Gasteiger partial charge < -0.3 is 14.6 Å². The van der Waals surface area contributed by atoms with Gasteiger partial charge in [-0.1, -0.05) is 31.2 Å². The zero-order valence-electron chi connectivity index (χ0n) is 17.6. The van der Waals surface area contributed by atoms with Crippen molar-refractivity contribution in [2.45, 2.75) is 33.1 Å². The van der Waals surface area contributed by atoms with E-state index < -0.39 is 0 Å². The number of rotatable bonds is 6. The molecule has 1 aromatic heterocycles. The van der Waals surface area contributed by atoms with Crippen LogP contribution in [0.15, 0.2) is 30.3 Å². The van der Waals surface area contributed by atoms with Crippen molar-refractivity contribution in [1.82, 2.24) is 14.5 Å². The molecule has 6 heteroatoms. The van der Waals surface area contributed by atoms with Crippen molar-refractivity contribution in [3.05, 3.63) is 58.4 Å². The minimum atomic E-state index is -0.211. The highest BCUT2D eigenvalue weighted by Crippen LogP contribution is 2.33. The molecule has 0 aliphatic carbocycles. The molecule has 3 rings (SSSR count). The van der Waals surface area contributed by atoms with E-state index in [9.17, 15) is 14.7 Å². The molecule has 1 amide bonds. The van der Waals surface area contributed by atoms with Gasteiger partial charge in [-0.25, -0.2) is 4.98 Å². The summed E-state index contributed by atoms with van der Waals surface area (Å²) in [5.41, 5.74) is 3.72. The Kier molecular flexibility index (Phi) is 5.73. The van der Waals surface area contributed by atoms with Crippen LogP contribution in [0.2, 0.25) is 0 Å². The molecule has 1 heterocycles. The first-order chi connectivity index (χ1) is 13.8. The van der Waals surface area contributed by atoms with Gasteiger partial charge >= 0.3 is 0 Å². The number of phenolic OH excluding ortho intramolecular Hbond substituents is 1. The van der Waals surface area contributed by atoms with E-state index in [0.29, 0.717) is 27.7 Å². The summed E-state index contributed by atoms with van der Waals surface area (Å²) in [6.07, 6.45) is 1.25. The highest BCUT2D eigenvalue weighted by Gasteiger charge is 2.23. The monoisotopic (exact) mass is 393 g/mol. The largest absolute Gasteiger partial charge is 0.505 e. The van der Waals surface area contributed by atoms with Gasteiger partial charge in [0.1, 0.15) is 17.1 Å². The molecule has 0 fully saturated rings. The molecule has 1 N–H and O–H groups in total. The first kappa shape index (κ1) is 20.6. The van der Waals surface area contributed by atoms with Crippen molar-refractivity contribution in [3.63, 3.8) is 0 Å². The number of amides is 1. The Bertz CT molecular complexity index is 1100. The van der Waals surface area contributed by atoms with Crippen molar-refractivity contribution < 1.29 is 14.7 Å². The first-order valence-corrected chi connectivity index (χ1v) is 9.76. The number of aromatic hydroxyl groups is 1. The van der Waals surface area contributed by atoms with Gasteiger partial charge in [-0.15, -0.1) is 0 Å². The Labute approximate surface area is 170 Å². The van der Waals surface area contributed by atoms with E-state index in [2.05, 4.69) is 4.98 Å². The second-order valence-electron chi connectivity index (χ2n) is 7.47. The van der Waals surface area contributed by atoms with Gasteiger partial charge in [0.2, 0.25) is 0 Å². The molecule has 29 heavy (non-hydrogen) atoms. The molecule has 3 aromatic rings.